The van der Waals surface area contributed by atoms with Gasteiger partial charge in [-0.15, -0.1) is 21.5 Å². The molecule has 0 spiro atoms. The van der Waals surface area contributed by atoms with Crippen molar-refractivity contribution in [1.82, 2.24) is 19.2 Å². The Morgan fingerprint density at radius 3 is 2.73 bits per heavy atom. The predicted molar refractivity (Wildman–Crippen MR) is 103 cm³/mol. The zero-order valence-electron chi connectivity index (χ0n) is 14.0. The fourth-order valence-corrected chi connectivity index (χ4v) is 5.05. The molecule has 3 aromatic rings. The van der Waals surface area contributed by atoms with E-state index in [1.807, 2.05) is 23.6 Å². The largest absolute Gasteiger partial charge is 0.242 e. The number of hydrogen-bond acceptors (Lipinski definition) is 7. The fourth-order valence-electron chi connectivity index (χ4n) is 2.48. The molecule has 0 N–H and O–H groups in total. The number of fused-ring (bicyclic) bond motifs is 1. The lowest BCUT2D eigenvalue weighted by Gasteiger charge is -2.14. The lowest BCUT2D eigenvalue weighted by Crippen LogP contribution is -2.22. The minimum atomic E-state index is -3.52. The lowest BCUT2D eigenvalue weighted by atomic mass is 10.2. The van der Waals surface area contributed by atoms with Crippen molar-refractivity contribution in [3.8, 4) is 11.4 Å². The van der Waals surface area contributed by atoms with Gasteiger partial charge in [0, 0.05) is 25.4 Å². The monoisotopic (exact) mass is 405 g/mol. The number of sulfonamides is 1. The Labute approximate surface area is 159 Å². The Balaban J connectivity index is 1.80. The second-order valence-electron chi connectivity index (χ2n) is 5.75. The van der Waals surface area contributed by atoms with E-state index in [1.165, 1.54) is 18.4 Å². The standard InChI is InChI=1S/C16H15N5O2S3/c1-20(2)26(22,23)12-6-3-5-11(9-12)15-17-18-16-21(15)19-13(10-25-16)14-7-4-8-24-14/h3-9H,10H2,1-2H3. The SMILES string of the molecule is CN(C)S(=O)(=O)c1cccc(-c2nnc3n2N=C(c2cccs2)CS3)c1. The zero-order chi connectivity index (χ0) is 18.3. The van der Waals surface area contributed by atoms with Crippen LogP contribution in [0.4, 0.5) is 0 Å². The average Bonchev–Trinajstić information content (AvgIpc) is 3.31. The molecule has 1 aliphatic heterocycles. The molecule has 0 unspecified atom stereocenters. The maximum Gasteiger partial charge on any atom is 0.242 e. The molecule has 0 saturated heterocycles. The smallest absolute Gasteiger partial charge is 0.207 e. The molecule has 0 atom stereocenters. The van der Waals surface area contributed by atoms with Crippen LogP contribution in [0, 0.1) is 0 Å². The van der Waals surface area contributed by atoms with E-state index in [4.69, 9.17) is 0 Å². The van der Waals surface area contributed by atoms with Gasteiger partial charge in [0.05, 0.1) is 15.5 Å². The van der Waals surface area contributed by atoms with Gasteiger partial charge in [0.1, 0.15) is 0 Å². The summed E-state index contributed by atoms with van der Waals surface area (Å²) in [6, 6.07) is 10.7. The molecule has 2 aromatic heterocycles. The Kier molecular flexibility index (Phi) is 4.43. The fraction of sp³-hybridized carbons (Fsp3) is 0.188. The summed E-state index contributed by atoms with van der Waals surface area (Å²) in [5, 5.41) is 15.8. The minimum absolute atomic E-state index is 0.211. The molecule has 0 radical (unpaired) electrons. The van der Waals surface area contributed by atoms with Gasteiger partial charge in [0.2, 0.25) is 15.2 Å². The molecule has 0 saturated carbocycles. The molecule has 26 heavy (non-hydrogen) atoms. The molecule has 4 rings (SSSR count). The van der Waals surface area contributed by atoms with Crippen molar-refractivity contribution in [1.29, 1.82) is 0 Å². The first-order chi connectivity index (χ1) is 12.5. The van der Waals surface area contributed by atoms with Crippen LogP contribution in [-0.2, 0) is 10.0 Å². The van der Waals surface area contributed by atoms with E-state index in [0.29, 0.717) is 16.5 Å². The molecule has 1 aromatic carbocycles. The molecule has 0 amide bonds. The van der Waals surface area contributed by atoms with Crippen LogP contribution in [0.3, 0.4) is 0 Å². The average molecular weight is 406 g/mol. The molecule has 134 valence electrons. The van der Waals surface area contributed by atoms with E-state index in [-0.39, 0.29) is 4.90 Å². The van der Waals surface area contributed by atoms with Gasteiger partial charge in [-0.05, 0) is 23.6 Å². The van der Waals surface area contributed by atoms with Gasteiger partial charge < -0.3 is 0 Å². The van der Waals surface area contributed by atoms with Crippen molar-refractivity contribution in [2.75, 3.05) is 19.8 Å². The molecule has 7 nitrogen and oxygen atoms in total. The van der Waals surface area contributed by atoms with Crippen LogP contribution in [0.5, 0.6) is 0 Å². The van der Waals surface area contributed by atoms with E-state index >= 15 is 0 Å². The molecule has 3 heterocycles. The van der Waals surface area contributed by atoms with Crippen molar-refractivity contribution in [2.45, 2.75) is 10.1 Å². The summed E-state index contributed by atoms with van der Waals surface area (Å²) in [6.07, 6.45) is 0. The number of thioether (sulfide) groups is 1. The van der Waals surface area contributed by atoms with Crippen molar-refractivity contribution in [2.24, 2.45) is 5.10 Å². The summed E-state index contributed by atoms with van der Waals surface area (Å²) < 4.78 is 27.7. The van der Waals surface area contributed by atoms with Gasteiger partial charge in [0.15, 0.2) is 5.82 Å². The third-order valence-electron chi connectivity index (χ3n) is 3.85. The third kappa shape index (κ3) is 2.98. The van der Waals surface area contributed by atoms with Gasteiger partial charge in [-0.3, -0.25) is 0 Å². The molecule has 10 heteroatoms. The number of nitrogens with zero attached hydrogens (tertiary/aromatic N) is 5. The molecule has 0 fully saturated rings. The molecule has 1 aliphatic rings. The Morgan fingerprint density at radius 1 is 1.15 bits per heavy atom. The van der Waals surface area contributed by atoms with Crippen LogP contribution < -0.4 is 0 Å². The number of benzene rings is 1. The highest BCUT2D eigenvalue weighted by molar-refractivity contribution is 7.99. The van der Waals surface area contributed by atoms with Gasteiger partial charge in [-0.25, -0.2) is 12.7 Å². The highest BCUT2D eigenvalue weighted by Crippen LogP contribution is 2.30. The van der Waals surface area contributed by atoms with Gasteiger partial charge in [0.25, 0.3) is 0 Å². The van der Waals surface area contributed by atoms with Crippen LogP contribution in [0.2, 0.25) is 0 Å². The summed E-state index contributed by atoms with van der Waals surface area (Å²) in [5.41, 5.74) is 1.61. The normalized spacial score (nSPS) is 14.3. The topological polar surface area (TPSA) is 80.5 Å². The van der Waals surface area contributed by atoms with Crippen molar-refractivity contribution in [3.63, 3.8) is 0 Å². The Morgan fingerprint density at radius 2 is 2.00 bits per heavy atom. The van der Waals surface area contributed by atoms with Crippen molar-refractivity contribution >= 4 is 38.8 Å². The summed E-state index contributed by atoms with van der Waals surface area (Å²) in [6.45, 7) is 0. The lowest BCUT2D eigenvalue weighted by molar-refractivity contribution is 0.521. The molecule has 0 aliphatic carbocycles. The minimum Gasteiger partial charge on any atom is -0.207 e. The van der Waals surface area contributed by atoms with Crippen molar-refractivity contribution < 1.29 is 8.42 Å². The highest BCUT2D eigenvalue weighted by Gasteiger charge is 2.23. The zero-order valence-corrected chi connectivity index (χ0v) is 16.5. The number of aromatic nitrogens is 3. The maximum atomic E-state index is 12.4. The van der Waals surface area contributed by atoms with Crippen LogP contribution in [-0.4, -0.2) is 53.2 Å². The number of hydrogen-bond donors (Lipinski definition) is 0. The van der Waals surface area contributed by atoms with Crippen molar-refractivity contribution in [3.05, 3.63) is 46.7 Å². The number of rotatable bonds is 4. The second kappa shape index (κ2) is 6.62. The second-order valence-corrected chi connectivity index (χ2v) is 9.79. The van der Waals surface area contributed by atoms with Gasteiger partial charge >= 0.3 is 0 Å². The highest BCUT2D eigenvalue weighted by atomic mass is 32.2. The predicted octanol–water partition coefficient (Wildman–Crippen LogP) is 2.62. The third-order valence-corrected chi connectivity index (χ3v) is 7.51. The molecular formula is C16H15N5O2S3. The quantitative estimate of drug-likeness (QED) is 0.667. The van der Waals surface area contributed by atoms with Crippen LogP contribution in [0.1, 0.15) is 4.88 Å². The van der Waals surface area contributed by atoms with E-state index in [2.05, 4.69) is 15.3 Å². The maximum absolute atomic E-state index is 12.4. The van der Waals surface area contributed by atoms with E-state index in [1.54, 1.807) is 46.0 Å². The molecular weight excluding hydrogens is 390 g/mol. The van der Waals surface area contributed by atoms with Crippen LogP contribution in [0.25, 0.3) is 11.4 Å². The van der Waals surface area contributed by atoms with Crippen LogP contribution in [0.15, 0.2) is 56.9 Å². The molecule has 0 bridgehead atoms. The summed E-state index contributed by atoms with van der Waals surface area (Å²) >= 11 is 3.20. The van der Waals surface area contributed by atoms with E-state index in [0.717, 1.165) is 16.3 Å². The first kappa shape index (κ1) is 17.4. The van der Waals surface area contributed by atoms with E-state index in [9.17, 15) is 8.42 Å². The first-order valence-corrected chi connectivity index (χ1v) is 11.0. The van der Waals surface area contributed by atoms with Gasteiger partial charge in [-0.2, -0.15) is 9.78 Å². The van der Waals surface area contributed by atoms with Crippen LogP contribution >= 0.6 is 23.1 Å². The first-order valence-electron chi connectivity index (χ1n) is 7.70. The van der Waals surface area contributed by atoms with Gasteiger partial charge in [-0.1, -0.05) is 30.0 Å². The number of thiophene rings is 1. The Bertz CT molecular complexity index is 1090. The van der Waals surface area contributed by atoms with E-state index < -0.39 is 10.0 Å². The Hall–Kier alpha value is -2.01. The summed E-state index contributed by atoms with van der Waals surface area (Å²) in [5.74, 6) is 1.25. The summed E-state index contributed by atoms with van der Waals surface area (Å²) in [4.78, 5) is 1.31. The summed E-state index contributed by atoms with van der Waals surface area (Å²) in [7, 11) is -0.503.